The van der Waals surface area contributed by atoms with Crippen LogP contribution in [0.4, 0.5) is 8.78 Å². The van der Waals surface area contributed by atoms with Crippen LogP contribution in [-0.4, -0.2) is 34.0 Å². The van der Waals surface area contributed by atoms with E-state index in [1.807, 2.05) is 6.92 Å². The maximum absolute atomic E-state index is 13.1. The minimum atomic E-state index is -3.00. The molecule has 1 aromatic rings. The van der Waals surface area contributed by atoms with E-state index < -0.39 is 25.6 Å². The zero-order valence-electron chi connectivity index (χ0n) is 10.4. The van der Waals surface area contributed by atoms with Crippen molar-refractivity contribution in [2.24, 2.45) is 7.05 Å². The first kappa shape index (κ1) is 15.5. The molecule has 4 nitrogen and oxygen atoms in total. The molecule has 0 spiro atoms. The highest BCUT2D eigenvalue weighted by Gasteiger charge is 2.28. The summed E-state index contributed by atoms with van der Waals surface area (Å²) in [4.78, 5) is 0. The van der Waals surface area contributed by atoms with Crippen LogP contribution in [0.5, 0.6) is 0 Å². The average Bonchev–Trinajstić information content (AvgIpc) is 2.53. The second kappa shape index (κ2) is 6.58. The van der Waals surface area contributed by atoms with Gasteiger partial charge < -0.3 is 9.84 Å². The first-order valence-electron chi connectivity index (χ1n) is 5.68. The smallest absolute Gasteiger partial charge is 0.273 e. The van der Waals surface area contributed by atoms with Gasteiger partial charge in [0.2, 0.25) is 0 Å². The summed E-state index contributed by atoms with van der Waals surface area (Å²) in [5.41, 5.74) is 1.60. The maximum Gasteiger partial charge on any atom is 0.273 e. The molecule has 1 heterocycles. The molecule has 0 atom stereocenters. The van der Waals surface area contributed by atoms with Crippen LogP contribution in [0, 0.1) is 0 Å². The summed E-state index contributed by atoms with van der Waals surface area (Å²) in [7, 11) is 1.80. The van der Waals surface area contributed by atoms with E-state index in [9.17, 15) is 8.78 Å². The van der Waals surface area contributed by atoms with Gasteiger partial charge in [-0.05, 0) is 22.4 Å². The highest BCUT2D eigenvalue weighted by atomic mass is 79.9. The number of nitrogens with zero attached hydrogens (tertiary/aromatic N) is 2. The van der Waals surface area contributed by atoms with E-state index in [4.69, 9.17) is 9.84 Å². The summed E-state index contributed by atoms with van der Waals surface area (Å²) >= 11 is 3.38. The molecule has 0 saturated carbocycles. The zero-order chi connectivity index (χ0) is 13.8. The van der Waals surface area contributed by atoms with Gasteiger partial charge in [0.15, 0.2) is 0 Å². The third-order valence-corrected chi connectivity index (χ3v) is 3.45. The highest BCUT2D eigenvalue weighted by molar-refractivity contribution is 9.10. The first-order chi connectivity index (χ1) is 8.41. The molecule has 0 bridgehead atoms. The Morgan fingerprint density at radius 1 is 1.50 bits per heavy atom. The summed E-state index contributed by atoms with van der Waals surface area (Å²) in [6, 6.07) is 0. The summed E-state index contributed by atoms with van der Waals surface area (Å²) < 4.78 is 33.6. The number of aryl methyl sites for hydroxylation is 1. The van der Waals surface area contributed by atoms with Crippen molar-refractivity contribution in [3.63, 3.8) is 0 Å². The third-order valence-electron chi connectivity index (χ3n) is 2.53. The molecule has 18 heavy (non-hydrogen) atoms. The van der Waals surface area contributed by atoms with Crippen molar-refractivity contribution in [2.45, 2.75) is 32.3 Å². The molecule has 0 aliphatic rings. The molecule has 0 aromatic carbocycles. The standard InChI is InChI=1S/C11H17BrF2N2O2/c1-3-9-10(12)8(15-16(9)2)6-18-7-11(13,14)4-5-17/h17H,3-7H2,1-2H3. The van der Waals surface area contributed by atoms with Gasteiger partial charge in [-0.2, -0.15) is 5.10 Å². The third kappa shape index (κ3) is 4.00. The number of aliphatic hydroxyl groups is 1. The lowest BCUT2D eigenvalue weighted by Gasteiger charge is -2.14. The summed E-state index contributed by atoms with van der Waals surface area (Å²) in [5, 5.41) is 12.7. The molecular formula is C11H17BrF2N2O2. The fraction of sp³-hybridized carbons (Fsp3) is 0.727. The number of rotatable bonds is 7. The number of aromatic nitrogens is 2. The molecule has 1 aromatic heterocycles. The van der Waals surface area contributed by atoms with Crippen molar-refractivity contribution in [3.8, 4) is 0 Å². The van der Waals surface area contributed by atoms with Crippen molar-refractivity contribution < 1.29 is 18.6 Å². The topological polar surface area (TPSA) is 47.3 Å². The highest BCUT2D eigenvalue weighted by Crippen LogP contribution is 2.23. The van der Waals surface area contributed by atoms with E-state index in [1.54, 1.807) is 11.7 Å². The van der Waals surface area contributed by atoms with Gasteiger partial charge >= 0.3 is 0 Å². The zero-order valence-corrected chi connectivity index (χ0v) is 12.0. The molecule has 0 aliphatic carbocycles. The number of hydrogen-bond acceptors (Lipinski definition) is 3. The average molecular weight is 327 g/mol. The van der Waals surface area contributed by atoms with E-state index in [0.717, 1.165) is 16.6 Å². The Morgan fingerprint density at radius 3 is 2.67 bits per heavy atom. The lowest BCUT2D eigenvalue weighted by Crippen LogP contribution is -2.25. The van der Waals surface area contributed by atoms with E-state index in [1.165, 1.54) is 0 Å². The molecule has 0 amide bonds. The lowest BCUT2D eigenvalue weighted by molar-refractivity contribution is -0.0937. The van der Waals surface area contributed by atoms with Crippen LogP contribution >= 0.6 is 15.9 Å². The largest absolute Gasteiger partial charge is 0.396 e. The minimum absolute atomic E-state index is 0.0233. The Hall–Kier alpha value is -0.530. The second-order valence-corrected chi connectivity index (χ2v) is 4.80. The molecule has 0 saturated heterocycles. The molecule has 1 N–H and O–H groups in total. The molecule has 7 heteroatoms. The number of hydrogen-bond donors (Lipinski definition) is 1. The summed E-state index contributed by atoms with van der Waals surface area (Å²) in [5.74, 6) is -3.00. The van der Waals surface area contributed by atoms with Crippen LogP contribution in [0.3, 0.4) is 0 Å². The number of alkyl halides is 2. The molecule has 0 aliphatic heterocycles. The van der Waals surface area contributed by atoms with Crippen LogP contribution in [0.1, 0.15) is 24.7 Å². The van der Waals surface area contributed by atoms with Crippen LogP contribution in [-0.2, 0) is 24.8 Å². The fourth-order valence-electron chi connectivity index (χ4n) is 1.60. The van der Waals surface area contributed by atoms with E-state index in [-0.39, 0.29) is 6.61 Å². The van der Waals surface area contributed by atoms with Gasteiger partial charge in [0.25, 0.3) is 5.92 Å². The van der Waals surface area contributed by atoms with Gasteiger partial charge in [0, 0.05) is 20.1 Å². The Morgan fingerprint density at radius 2 is 2.17 bits per heavy atom. The Labute approximate surface area is 113 Å². The normalized spacial score (nSPS) is 12.1. The van der Waals surface area contributed by atoms with Crippen LogP contribution in [0.2, 0.25) is 0 Å². The van der Waals surface area contributed by atoms with Crippen molar-refractivity contribution in [2.75, 3.05) is 13.2 Å². The van der Waals surface area contributed by atoms with Gasteiger partial charge in [0.05, 0.1) is 16.8 Å². The SMILES string of the molecule is CCc1c(Br)c(COCC(F)(F)CCO)nn1C. The Kier molecular flexibility index (Phi) is 5.68. The molecule has 104 valence electrons. The van der Waals surface area contributed by atoms with Gasteiger partial charge in [0.1, 0.15) is 12.3 Å². The maximum atomic E-state index is 13.1. The number of ether oxygens (including phenoxy) is 1. The molecule has 0 fully saturated rings. The molecule has 0 unspecified atom stereocenters. The predicted octanol–water partition coefficient (Wildman–Crippen LogP) is 2.28. The number of aliphatic hydroxyl groups excluding tert-OH is 1. The van der Waals surface area contributed by atoms with E-state index in [2.05, 4.69) is 21.0 Å². The Balaban J connectivity index is 2.54. The van der Waals surface area contributed by atoms with E-state index in [0.29, 0.717) is 5.69 Å². The predicted molar refractivity (Wildman–Crippen MR) is 66.6 cm³/mol. The molecular weight excluding hydrogens is 310 g/mol. The molecule has 0 radical (unpaired) electrons. The summed E-state index contributed by atoms with van der Waals surface area (Å²) in [6.07, 6.45) is 0.210. The second-order valence-electron chi connectivity index (χ2n) is 4.01. The fourth-order valence-corrected chi connectivity index (χ4v) is 2.33. The van der Waals surface area contributed by atoms with Crippen molar-refractivity contribution in [3.05, 3.63) is 15.9 Å². The number of halogens is 3. The van der Waals surface area contributed by atoms with Crippen molar-refractivity contribution in [1.29, 1.82) is 0 Å². The summed E-state index contributed by atoms with van der Waals surface area (Å²) in [6.45, 7) is 0.749. The first-order valence-corrected chi connectivity index (χ1v) is 6.47. The molecule has 1 rings (SSSR count). The van der Waals surface area contributed by atoms with Gasteiger partial charge in [-0.1, -0.05) is 6.92 Å². The monoisotopic (exact) mass is 326 g/mol. The van der Waals surface area contributed by atoms with Gasteiger partial charge in [-0.15, -0.1) is 0 Å². The van der Waals surface area contributed by atoms with Crippen LogP contribution in [0.25, 0.3) is 0 Å². The van der Waals surface area contributed by atoms with Crippen molar-refractivity contribution >= 4 is 15.9 Å². The Bertz CT molecular complexity index is 397. The van der Waals surface area contributed by atoms with E-state index >= 15 is 0 Å². The minimum Gasteiger partial charge on any atom is -0.396 e. The quantitative estimate of drug-likeness (QED) is 0.836. The van der Waals surface area contributed by atoms with Crippen LogP contribution in [0.15, 0.2) is 4.47 Å². The van der Waals surface area contributed by atoms with Crippen LogP contribution < -0.4 is 0 Å². The lowest BCUT2D eigenvalue weighted by atomic mass is 10.2. The van der Waals surface area contributed by atoms with Gasteiger partial charge in [-0.3, -0.25) is 4.68 Å². The van der Waals surface area contributed by atoms with Crippen molar-refractivity contribution in [1.82, 2.24) is 9.78 Å². The van der Waals surface area contributed by atoms with Gasteiger partial charge in [-0.25, -0.2) is 8.78 Å².